The van der Waals surface area contributed by atoms with Crippen LogP contribution in [0.4, 0.5) is 0 Å². The summed E-state index contributed by atoms with van der Waals surface area (Å²) in [6, 6.07) is 3.13. The number of aliphatic hydroxyl groups is 1. The summed E-state index contributed by atoms with van der Waals surface area (Å²) < 4.78 is 5.32. The summed E-state index contributed by atoms with van der Waals surface area (Å²) in [4.78, 5) is 16.7. The van der Waals surface area contributed by atoms with Crippen LogP contribution in [0.15, 0.2) is 54.8 Å². The first-order valence-electron chi connectivity index (χ1n) is 8.74. The number of nitrogens with one attached hydrogen (secondary N) is 1. The van der Waals surface area contributed by atoms with Crippen molar-refractivity contribution in [1.29, 1.82) is 0 Å². The van der Waals surface area contributed by atoms with Crippen molar-refractivity contribution in [3.63, 3.8) is 0 Å². The smallest absolute Gasteiger partial charge is 0.223 e. The van der Waals surface area contributed by atoms with Gasteiger partial charge in [0.05, 0.1) is 19.3 Å². The third-order valence-corrected chi connectivity index (χ3v) is 4.62. The van der Waals surface area contributed by atoms with Gasteiger partial charge in [0, 0.05) is 18.2 Å². The molecule has 3 rings (SSSR count). The second-order valence-electron chi connectivity index (χ2n) is 6.34. The fourth-order valence-electron chi connectivity index (χ4n) is 3.15. The number of amides is 1. The molecule has 1 heterocycles. The van der Waals surface area contributed by atoms with Crippen molar-refractivity contribution in [2.75, 3.05) is 13.2 Å². The molecule has 0 aliphatic heterocycles. The van der Waals surface area contributed by atoms with Crippen LogP contribution in [0.3, 0.4) is 0 Å². The van der Waals surface area contributed by atoms with E-state index in [0.29, 0.717) is 24.3 Å². The topological polar surface area (TPSA) is 71.5 Å². The number of carbonyl (C=O) groups is 1. The highest BCUT2D eigenvalue weighted by atomic mass is 16.5. The molecule has 1 fully saturated rings. The number of aliphatic hydroxyl groups excluding tert-OH is 1. The zero-order valence-corrected chi connectivity index (χ0v) is 14.3. The highest BCUT2D eigenvalue weighted by molar-refractivity contribution is 5.82. The van der Waals surface area contributed by atoms with Crippen LogP contribution >= 0.6 is 0 Å². The maximum Gasteiger partial charge on any atom is 0.223 e. The summed E-state index contributed by atoms with van der Waals surface area (Å²) in [6.07, 6.45) is 14.8. The molecule has 2 aliphatic rings. The second-order valence-corrected chi connectivity index (χ2v) is 6.34. The average Bonchev–Trinajstić information content (AvgIpc) is 3.43. The number of hydrogen-bond donors (Lipinski definition) is 2. The van der Waals surface area contributed by atoms with Gasteiger partial charge in [0.1, 0.15) is 0 Å². The molecule has 0 saturated heterocycles. The number of hydrogen-bond acceptors (Lipinski definition) is 4. The molecule has 2 aliphatic carbocycles. The van der Waals surface area contributed by atoms with E-state index in [1.54, 1.807) is 12.3 Å². The molecule has 1 saturated carbocycles. The SMILES string of the molecule is CCOc1ccc(C(CO)NC(=O)C2CC2C2C=CC=CC=C2)cn1. The van der Waals surface area contributed by atoms with E-state index in [1.165, 1.54) is 0 Å². The first-order chi connectivity index (χ1) is 12.2. The van der Waals surface area contributed by atoms with E-state index in [2.05, 4.69) is 22.5 Å². The van der Waals surface area contributed by atoms with E-state index in [0.717, 1.165) is 12.0 Å². The van der Waals surface area contributed by atoms with Gasteiger partial charge in [0.15, 0.2) is 0 Å². The Hall–Kier alpha value is -2.40. The summed E-state index contributed by atoms with van der Waals surface area (Å²) in [5.41, 5.74) is 0.773. The number of rotatable bonds is 7. The van der Waals surface area contributed by atoms with Crippen LogP contribution in [0.25, 0.3) is 0 Å². The van der Waals surface area contributed by atoms with Crippen LogP contribution in [-0.2, 0) is 4.79 Å². The lowest BCUT2D eigenvalue weighted by Gasteiger charge is -2.17. The first kappa shape index (κ1) is 17.4. The zero-order chi connectivity index (χ0) is 17.6. The highest BCUT2D eigenvalue weighted by Crippen LogP contribution is 2.46. The van der Waals surface area contributed by atoms with E-state index >= 15 is 0 Å². The van der Waals surface area contributed by atoms with Gasteiger partial charge < -0.3 is 15.2 Å². The van der Waals surface area contributed by atoms with E-state index in [9.17, 15) is 9.90 Å². The third kappa shape index (κ3) is 4.37. The number of carbonyl (C=O) groups excluding carboxylic acids is 1. The lowest BCUT2D eigenvalue weighted by Crippen LogP contribution is -2.32. The molecule has 0 bridgehead atoms. The van der Waals surface area contributed by atoms with Gasteiger partial charge >= 0.3 is 0 Å². The fraction of sp³-hybridized carbons (Fsp3) is 0.400. The maximum atomic E-state index is 12.5. The molecular weight excluding hydrogens is 316 g/mol. The lowest BCUT2D eigenvalue weighted by molar-refractivity contribution is -0.123. The minimum absolute atomic E-state index is 0.00195. The molecule has 1 aromatic rings. The van der Waals surface area contributed by atoms with Crippen LogP contribution < -0.4 is 10.1 Å². The van der Waals surface area contributed by atoms with E-state index in [-0.39, 0.29) is 18.4 Å². The quantitative estimate of drug-likeness (QED) is 0.800. The largest absolute Gasteiger partial charge is 0.478 e. The van der Waals surface area contributed by atoms with E-state index < -0.39 is 6.04 Å². The van der Waals surface area contributed by atoms with Gasteiger partial charge in [0.25, 0.3) is 0 Å². The maximum absolute atomic E-state index is 12.5. The molecule has 2 N–H and O–H groups in total. The van der Waals surface area contributed by atoms with Crippen molar-refractivity contribution in [2.24, 2.45) is 17.8 Å². The second kappa shape index (κ2) is 8.12. The minimum atomic E-state index is -0.446. The van der Waals surface area contributed by atoms with Gasteiger partial charge in [-0.25, -0.2) is 4.98 Å². The van der Waals surface area contributed by atoms with Crippen molar-refractivity contribution < 1.29 is 14.6 Å². The van der Waals surface area contributed by atoms with Gasteiger partial charge in [-0.2, -0.15) is 0 Å². The summed E-state index contributed by atoms with van der Waals surface area (Å²) in [6.45, 7) is 2.29. The van der Waals surface area contributed by atoms with Crippen LogP contribution in [0, 0.1) is 17.8 Å². The summed E-state index contributed by atoms with van der Waals surface area (Å²) in [5.74, 6) is 1.17. The van der Waals surface area contributed by atoms with Crippen LogP contribution in [0.2, 0.25) is 0 Å². The normalized spacial score (nSPS) is 23.1. The molecule has 3 unspecified atom stereocenters. The first-order valence-corrected chi connectivity index (χ1v) is 8.74. The Morgan fingerprint density at radius 1 is 1.32 bits per heavy atom. The Morgan fingerprint density at radius 2 is 2.08 bits per heavy atom. The number of nitrogens with zero attached hydrogens (tertiary/aromatic N) is 1. The summed E-state index contributed by atoms with van der Waals surface area (Å²) >= 11 is 0. The molecular formula is C20H24N2O3. The molecule has 5 nitrogen and oxygen atoms in total. The molecule has 1 aromatic heterocycles. The van der Waals surface area contributed by atoms with Crippen LogP contribution in [-0.4, -0.2) is 29.2 Å². The van der Waals surface area contributed by atoms with E-state index in [4.69, 9.17) is 4.74 Å². The Balaban J connectivity index is 1.58. The van der Waals surface area contributed by atoms with Crippen LogP contribution in [0.1, 0.15) is 24.9 Å². The van der Waals surface area contributed by atoms with Crippen molar-refractivity contribution >= 4 is 5.91 Å². The highest BCUT2D eigenvalue weighted by Gasteiger charge is 2.46. The van der Waals surface area contributed by atoms with Crippen molar-refractivity contribution in [1.82, 2.24) is 10.3 Å². The Morgan fingerprint density at radius 3 is 2.68 bits per heavy atom. The van der Waals surface area contributed by atoms with Gasteiger partial charge in [-0.15, -0.1) is 0 Å². The predicted molar refractivity (Wildman–Crippen MR) is 95.9 cm³/mol. The average molecular weight is 340 g/mol. The summed E-state index contributed by atoms with van der Waals surface area (Å²) in [5, 5.41) is 12.6. The van der Waals surface area contributed by atoms with E-state index in [1.807, 2.05) is 37.3 Å². The Kier molecular flexibility index (Phi) is 5.66. The standard InChI is InChI=1S/C20H24N2O3/c1-2-25-19-10-9-15(12-21-19)18(13-23)22-20(24)17-11-16(17)14-7-5-3-4-6-8-14/h3-10,12,14,16-18,23H,2,11,13H2,1H3,(H,22,24). The van der Waals surface area contributed by atoms with Crippen molar-refractivity contribution in [2.45, 2.75) is 19.4 Å². The molecule has 0 spiro atoms. The Bertz CT molecular complexity index is 663. The van der Waals surface area contributed by atoms with Gasteiger partial charge in [-0.1, -0.05) is 36.5 Å². The monoisotopic (exact) mass is 340 g/mol. The predicted octanol–water partition coefficient (Wildman–Crippen LogP) is 2.56. The van der Waals surface area contributed by atoms with Crippen molar-refractivity contribution in [3.05, 3.63) is 60.3 Å². The number of allylic oxidation sites excluding steroid dienone is 6. The lowest BCUT2D eigenvalue weighted by atomic mass is 10.0. The van der Waals surface area contributed by atoms with Crippen LogP contribution in [0.5, 0.6) is 5.88 Å². The number of pyridine rings is 1. The zero-order valence-electron chi connectivity index (χ0n) is 14.3. The number of ether oxygens (including phenoxy) is 1. The van der Waals surface area contributed by atoms with Gasteiger partial charge in [-0.05, 0) is 36.8 Å². The molecule has 25 heavy (non-hydrogen) atoms. The molecule has 5 heteroatoms. The van der Waals surface area contributed by atoms with Gasteiger partial charge in [-0.3, -0.25) is 4.79 Å². The Labute approximate surface area is 148 Å². The van der Waals surface area contributed by atoms with Gasteiger partial charge in [0.2, 0.25) is 11.8 Å². The number of aromatic nitrogens is 1. The summed E-state index contributed by atoms with van der Waals surface area (Å²) in [7, 11) is 0. The fourth-order valence-corrected chi connectivity index (χ4v) is 3.15. The third-order valence-electron chi connectivity index (χ3n) is 4.62. The molecule has 0 radical (unpaired) electrons. The molecule has 0 aromatic carbocycles. The molecule has 132 valence electrons. The molecule has 1 amide bonds. The molecule has 3 atom stereocenters. The minimum Gasteiger partial charge on any atom is -0.478 e. The van der Waals surface area contributed by atoms with Crippen molar-refractivity contribution in [3.8, 4) is 5.88 Å².